The Hall–Kier alpha value is -2.15. The number of fused-ring (bicyclic) bond motifs is 1. The van der Waals surface area contributed by atoms with Crippen LogP contribution < -0.4 is 0 Å². The Bertz CT molecular complexity index is 688. The Morgan fingerprint density at radius 1 is 1.50 bits per heavy atom. The fourth-order valence-corrected chi connectivity index (χ4v) is 2.93. The summed E-state index contributed by atoms with van der Waals surface area (Å²) >= 11 is 0. The van der Waals surface area contributed by atoms with Crippen LogP contribution in [0.15, 0.2) is 6.07 Å². The zero-order valence-electron chi connectivity index (χ0n) is 13.2. The molecule has 0 saturated carbocycles. The smallest absolute Gasteiger partial charge is 0.356 e. The average Bonchev–Trinajstić information content (AvgIpc) is 3.01. The second-order valence-electron chi connectivity index (χ2n) is 5.62. The first-order chi connectivity index (χ1) is 10.6. The van der Waals surface area contributed by atoms with Gasteiger partial charge in [0.05, 0.1) is 18.0 Å². The van der Waals surface area contributed by atoms with Crippen LogP contribution in [0.3, 0.4) is 0 Å². The summed E-state index contributed by atoms with van der Waals surface area (Å²) in [5.74, 6) is -0.295. The van der Waals surface area contributed by atoms with E-state index in [1.54, 1.807) is 11.7 Å². The molecule has 2 aromatic heterocycles. The number of esters is 1. The van der Waals surface area contributed by atoms with Crippen molar-refractivity contribution in [3.05, 3.63) is 34.4 Å². The predicted octanol–water partition coefficient (Wildman–Crippen LogP) is 1.19. The number of ether oxygens (including phenoxy) is 1. The monoisotopic (exact) mass is 303 g/mol. The fourth-order valence-electron chi connectivity index (χ4n) is 2.93. The van der Waals surface area contributed by atoms with Crippen molar-refractivity contribution in [1.29, 1.82) is 0 Å². The van der Waals surface area contributed by atoms with Gasteiger partial charge in [-0.2, -0.15) is 10.2 Å². The van der Waals surface area contributed by atoms with Crippen molar-refractivity contribution in [3.63, 3.8) is 0 Å². The summed E-state index contributed by atoms with van der Waals surface area (Å²) in [5, 5.41) is 11.7. The number of nitrogens with zero attached hydrogens (tertiary/aromatic N) is 4. The molecule has 0 spiro atoms. The Labute approximate surface area is 129 Å². The molecule has 0 amide bonds. The van der Waals surface area contributed by atoms with E-state index in [2.05, 4.69) is 20.2 Å². The summed E-state index contributed by atoms with van der Waals surface area (Å²) in [6.45, 7) is 6.55. The van der Waals surface area contributed by atoms with Gasteiger partial charge in [-0.3, -0.25) is 14.7 Å². The van der Waals surface area contributed by atoms with Gasteiger partial charge in [-0.15, -0.1) is 0 Å². The zero-order valence-corrected chi connectivity index (χ0v) is 13.2. The highest BCUT2D eigenvalue weighted by atomic mass is 16.5. The first-order valence-electron chi connectivity index (χ1n) is 7.53. The van der Waals surface area contributed by atoms with Gasteiger partial charge >= 0.3 is 5.97 Å². The standard InChI is InChI=1S/C15H21N5O2/c1-4-22-15(21)14-12-9-20(6-5-13(12)18-19(14)3)8-11-7-10(2)16-17-11/h7H,4-6,8-9H2,1-3H3,(H,16,17). The van der Waals surface area contributed by atoms with Gasteiger partial charge in [0.15, 0.2) is 5.69 Å². The summed E-state index contributed by atoms with van der Waals surface area (Å²) in [5.41, 5.74) is 4.63. The molecule has 1 aliphatic rings. The third-order valence-electron chi connectivity index (χ3n) is 3.89. The van der Waals surface area contributed by atoms with E-state index in [-0.39, 0.29) is 5.97 Å². The van der Waals surface area contributed by atoms with Crippen molar-refractivity contribution in [3.8, 4) is 0 Å². The molecule has 3 rings (SSSR count). The number of hydrogen-bond donors (Lipinski definition) is 1. The third-order valence-corrected chi connectivity index (χ3v) is 3.89. The molecule has 3 heterocycles. The Balaban J connectivity index is 1.80. The van der Waals surface area contributed by atoms with Crippen LogP contribution in [0.5, 0.6) is 0 Å². The SMILES string of the molecule is CCOC(=O)c1c2c(nn1C)CCN(Cc1cc(C)[nH]n1)C2. The molecule has 0 fully saturated rings. The zero-order chi connectivity index (χ0) is 15.7. The maximum absolute atomic E-state index is 12.1. The fraction of sp³-hybridized carbons (Fsp3) is 0.533. The molecule has 0 atom stereocenters. The topological polar surface area (TPSA) is 76.0 Å². The maximum Gasteiger partial charge on any atom is 0.356 e. The van der Waals surface area contributed by atoms with Crippen molar-refractivity contribution in [1.82, 2.24) is 24.9 Å². The van der Waals surface area contributed by atoms with Crippen molar-refractivity contribution >= 4 is 5.97 Å². The van der Waals surface area contributed by atoms with E-state index in [1.165, 1.54) is 0 Å². The number of aromatic amines is 1. The largest absolute Gasteiger partial charge is 0.461 e. The lowest BCUT2D eigenvalue weighted by Gasteiger charge is -2.25. The summed E-state index contributed by atoms with van der Waals surface area (Å²) < 4.78 is 6.80. The number of nitrogens with one attached hydrogen (secondary N) is 1. The molecule has 0 unspecified atom stereocenters. The van der Waals surface area contributed by atoms with E-state index >= 15 is 0 Å². The van der Waals surface area contributed by atoms with Crippen LogP contribution in [-0.2, 0) is 31.3 Å². The van der Waals surface area contributed by atoms with E-state index in [0.29, 0.717) is 18.8 Å². The van der Waals surface area contributed by atoms with E-state index in [4.69, 9.17) is 4.74 Å². The maximum atomic E-state index is 12.1. The lowest BCUT2D eigenvalue weighted by molar-refractivity contribution is 0.0510. The molecule has 0 saturated heterocycles. The van der Waals surface area contributed by atoms with Crippen molar-refractivity contribution in [2.24, 2.45) is 7.05 Å². The Kier molecular flexibility index (Phi) is 3.98. The van der Waals surface area contributed by atoms with Gasteiger partial charge in [0.2, 0.25) is 0 Å². The molecule has 7 nitrogen and oxygen atoms in total. The molecule has 1 N–H and O–H groups in total. The van der Waals surface area contributed by atoms with Crippen LogP contribution in [0, 0.1) is 6.92 Å². The van der Waals surface area contributed by atoms with Crippen LogP contribution >= 0.6 is 0 Å². The van der Waals surface area contributed by atoms with Gasteiger partial charge in [-0.1, -0.05) is 0 Å². The number of H-pyrrole nitrogens is 1. The predicted molar refractivity (Wildman–Crippen MR) is 80.3 cm³/mol. The minimum absolute atomic E-state index is 0.295. The molecular formula is C15H21N5O2. The number of hydrogen-bond acceptors (Lipinski definition) is 5. The number of aryl methyl sites for hydroxylation is 2. The van der Waals surface area contributed by atoms with E-state index in [0.717, 1.165) is 42.2 Å². The molecule has 0 bridgehead atoms. The lowest BCUT2D eigenvalue weighted by Crippen LogP contribution is -2.30. The van der Waals surface area contributed by atoms with E-state index in [9.17, 15) is 4.79 Å². The summed E-state index contributed by atoms with van der Waals surface area (Å²) in [4.78, 5) is 14.4. The van der Waals surface area contributed by atoms with E-state index < -0.39 is 0 Å². The quantitative estimate of drug-likeness (QED) is 0.859. The van der Waals surface area contributed by atoms with Gasteiger partial charge in [0.25, 0.3) is 0 Å². The number of aromatic nitrogens is 4. The molecular weight excluding hydrogens is 282 g/mol. The molecule has 118 valence electrons. The molecule has 0 radical (unpaired) electrons. The summed E-state index contributed by atoms with van der Waals surface area (Å²) in [6, 6.07) is 2.05. The molecule has 7 heteroatoms. The van der Waals surface area contributed by atoms with E-state index in [1.807, 2.05) is 19.9 Å². The summed E-state index contributed by atoms with van der Waals surface area (Å²) in [6.07, 6.45) is 0.839. The minimum atomic E-state index is -0.295. The first-order valence-corrected chi connectivity index (χ1v) is 7.53. The molecule has 0 aliphatic carbocycles. The normalized spacial score (nSPS) is 14.9. The lowest BCUT2D eigenvalue weighted by atomic mass is 10.0. The van der Waals surface area contributed by atoms with Crippen LogP contribution in [0.1, 0.15) is 40.1 Å². The van der Waals surface area contributed by atoms with Crippen LogP contribution in [0.2, 0.25) is 0 Å². The highest BCUT2D eigenvalue weighted by molar-refractivity contribution is 5.89. The molecule has 0 aromatic carbocycles. The number of rotatable bonds is 4. The first kappa shape index (κ1) is 14.8. The van der Waals surface area contributed by atoms with Gasteiger partial charge in [0.1, 0.15) is 0 Å². The number of carbonyl (C=O) groups is 1. The van der Waals surface area contributed by atoms with Crippen molar-refractivity contribution in [2.45, 2.75) is 33.4 Å². The van der Waals surface area contributed by atoms with Crippen LogP contribution in [0.25, 0.3) is 0 Å². The van der Waals surface area contributed by atoms with Crippen molar-refractivity contribution < 1.29 is 9.53 Å². The van der Waals surface area contributed by atoms with Gasteiger partial charge in [-0.05, 0) is 19.9 Å². The van der Waals surface area contributed by atoms with Crippen LogP contribution in [-0.4, -0.2) is 44.0 Å². The highest BCUT2D eigenvalue weighted by Crippen LogP contribution is 2.23. The third kappa shape index (κ3) is 2.76. The highest BCUT2D eigenvalue weighted by Gasteiger charge is 2.28. The van der Waals surface area contributed by atoms with Crippen molar-refractivity contribution in [2.75, 3.05) is 13.2 Å². The Morgan fingerprint density at radius 3 is 3.00 bits per heavy atom. The van der Waals surface area contributed by atoms with Gasteiger partial charge in [0, 0.05) is 44.4 Å². The molecule has 1 aliphatic heterocycles. The molecule has 2 aromatic rings. The second-order valence-corrected chi connectivity index (χ2v) is 5.62. The second kappa shape index (κ2) is 5.92. The summed E-state index contributed by atoms with van der Waals surface area (Å²) in [7, 11) is 1.80. The van der Waals surface area contributed by atoms with Gasteiger partial charge in [-0.25, -0.2) is 4.79 Å². The van der Waals surface area contributed by atoms with Crippen LogP contribution in [0.4, 0.5) is 0 Å². The molecule has 22 heavy (non-hydrogen) atoms. The number of carbonyl (C=O) groups excluding carboxylic acids is 1. The Morgan fingerprint density at radius 2 is 2.32 bits per heavy atom. The minimum Gasteiger partial charge on any atom is -0.461 e. The average molecular weight is 303 g/mol. The van der Waals surface area contributed by atoms with Gasteiger partial charge < -0.3 is 4.74 Å².